The number of halogens is 1. The minimum absolute atomic E-state index is 0. The summed E-state index contributed by atoms with van der Waals surface area (Å²) in [5.74, 6) is 0.779. The molecule has 0 aliphatic carbocycles. The van der Waals surface area contributed by atoms with Crippen LogP contribution >= 0.6 is 12.4 Å². The number of hydrogen-bond acceptors (Lipinski definition) is 6. The molecule has 2 aromatic heterocycles. The minimum atomic E-state index is -0.745. The van der Waals surface area contributed by atoms with E-state index < -0.39 is 5.54 Å². The Balaban J connectivity index is 0.00000192. The summed E-state index contributed by atoms with van der Waals surface area (Å²) in [6, 6.07) is 13.6. The van der Waals surface area contributed by atoms with Gasteiger partial charge in [0.05, 0.1) is 11.2 Å². The molecule has 0 amide bonds. The normalized spacial score (nSPS) is 13.2. The first-order valence-corrected chi connectivity index (χ1v) is 7.02. The Bertz CT molecular complexity index is 756. The van der Waals surface area contributed by atoms with Gasteiger partial charge < -0.3 is 10.3 Å². The van der Waals surface area contributed by atoms with Gasteiger partial charge in [-0.2, -0.15) is 10.1 Å². The fourth-order valence-corrected chi connectivity index (χ4v) is 2.17. The zero-order valence-electron chi connectivity index (χ0n) is 12.9. The lowest BCUT2D eigenvalue weighted by atomic mass is 9.94. The minimum Gasteiger partial charge on any atom is -0.337 e. The van der Waals surface area contributed by atoms with Crippen LogP contribution < -0.4 is 5.73 Å². The summed E-state index contributed by atoms with van der Waals surface area (Å²) >= 11 is 0. The first kappa shape index (κ1) is 17.1. The lowest BCUT2D eigenvalue weighted by Crippen LogP contribution is -2.35. The second kappa shape index (κ2) is 6.85. The van der Waals surface area contributed by atoms with E-state index >= 15 is 0 Å². The SMILES string of the molecule is Cc1ccc(-c2noc(C(C)(N)Cc3ccccc3)n2)nn1.Cl. The van der Waals surface area contributed by atoms with Crippen molar-refractivity contribution in [1.29, 1.82) is 0 Å². The van der Waals surface area contributed by atoms with Crippen molar-refractivity contribution in [2.24, 2.45) is 5.73 Å². The van der Waals surface area contributed by atoms with Gasteiger partial charge in [0.2, 0.25) is 11.7 Å². The summed E-state index contributed by atoms with van der Waals surface area (Å²) in [4.78, 5) is 4.37. The maximum absolute atomic E-state index is 6.35. The summed E-state index contributed by atoms with van der Waals surface area (Å²) in [6.07, 6.45) is 0.606. The fraction of sp³-hybridized carbons (Fsp3) is 0.250. The number of benzene rings is 1. The molecule has 0 spiro atoms. The van der Waals surface area contributed by atoms with Gasteiger partial charge in [0.25, 0.3) is 0 Å². The van der Waals surface area contributed by atoms with E-state index in [1.807, 2.05) is 56.3 Å². The summed E-state index contributed by atoms with van der Waals surface area (Å²) in [6.45, 7) is 3.74. The topological polar surface area (TPSA) is 90.7 Å². The van der Waals surface area contributed by atoms with Gasteiger partial charge in [-0.25, -0.2) is 0 Å². The van der Waals surface area contributed by atoms with Crippen molar-refractivity contribution in [3.63, 3.8) is 0 Å². The molecule has 2 N–H and O–H groups in total. The number of rotatable bonds is 4. The zero-order chi connectivity index (χ0) is 15.6. The smallest absolute Gasteiger partial charge is 0.247 e. The molecule has 0 saturated carbocycles. The largest absolute Gasteiger partial charge is 0.337 e. The van der Waals surface area contributed by atoms with E-state index in [-0.39, 0.29) is 12.4 Å². The molecule has 0 aliphatic rings. The van der Waals surface area contributed by atoms with E-state index in [9.17, 15) is 0 Å². The summed E-state index contributed by atoms with van der Waals surface area (Å²) < 4.78 is 5.33. The van der Waals surface area contributed by atoms with Crippen molar-refractivity contribution in [1.82, 2.24) is 20.3 Å². The molecule has 7 heteroatoms. The van der Waals surface area contributed by atoms with E-state index in [1.54, 1.807) is 0 Å². The first-order chi connectivity index (χ1) is 10.5. The maximum atomic E-state index is 6.35. The number of nitrogens with zero attached hydrogens (tertiary/aromatic N) is 4. The molecular formula is C16H18ClN5O. The molecule has 0 radical (unpaired) electrons. The van der Waals surface area contributed by atoms with Crippen molar-refractivity contribution < 1.29 is 4.52 Å². The molecule has 3 aromatic rings. The highest BCUT2D eigenvalue weighted by molar-refractivity contribution is 5.85. The van der Waals surface area contributed by atoms with Gasteiger partial charge in [-0.3, -0.25) is 0 Å². The zero-order valence-corrected chi connectivity index (χ0v) is 13.7. The Morgan fingerprint density at radius 1 is 1.09 bits per heavy atom. The molecule has 120 valence electrons. The first-order valence-electron chi connectivity index (χ1n) is 7.02. The van der Waals surface area contributed by atoms with Gasteiger partial charge in [0.15, 0.2) is 0 Å². The number of aryl methyl sites for hydroxylation is 1. The molecular weight excluding hydrogens is 314 g/mol. The molecule has 1 unspecified atom stereocenters. The van der Waals surface area contributed by atoms with E-state index in [2.05, 4.69) is 20.3 Å². The van der Waals surface area contributed by atoms with E-state index in [0.29, 0.717) is 23.8 Å². The monoisotopic (exact) mass is 331 g/mol. The van der Waals surface area contributed by atoms with Crippen LogP contribution in [-0.4, -0.2) is 20.3 Å². The molecule has 1 atom stereocenters. The van der Waals surface area contributed by atoms with E-state index in [0.717, 1.165) is 11.3 Å². The van der Waals surface area contributed by atoms with E-state index in [1.165, 1.54) is 0 Å². The van der Waals surface area contributed by atoms with Crippen molar-refractivity contribution in [2.45, 2.75) is 25.8 Å². The Morgan fingerprint density at radius 2 is 1.83 bits per heavy atom. The highest BCUT2D eigenvalue weighted by atomic mass is 35.5. The highest BCUT2D eigenvalue weighted by Crippen LogP contribution is 2.23. The Morgan fingerprint density at radius 3 is 2.48 bits per heavy atom. The fourth-order valence-electron chi connectivity index (χ4n) is 2.17. The summed E-state index contributed by atoms with van der Waals surface area (Å²) in [5.41, 5.74) is 8.12. The number of nitrogens with two attached hydrogens (primary N) is 1. The van der Waals surface area contributed by atoms with Crippen LogP contribution in [0.5, 0.6) is 0 Å². The molecule has 0 bridgehead atoms. The van der Waals surface area contributed by atoms with Crippen LogP contribution in [0.4, 0.5) is 0 Å². The third-order valence-electron chi connectivity index (χ3n) is 3.36. The van der Waals surface area contributed by atoms with Gasteiger partial charge in [-0.05, 0) is 38.0 Å². The lowest BCUT2D eigenvalue weighted by Gasteiger charge is -2.19. The van der Waals surface area contributed by atoms with Crippen LogP contribution in [0.25, 0.3) is 11.5 Å². The van der Waals surface area contributed by atoms with Crippen LogP contribution in [0, 0.1) is 6.92 Å². The van der Waals surface area contributed by atoms with Gasteiger partial charge in [0, 0.05) is 0 Å². The third-order valence-corrected chi connectivity index (χ3v) is 3.36. The molecule has 23 heavy (non-hydrogen) atoms. The average Bonchev–Trinajstić information content (AvgIpc) is 2.99. The molecule has 6 nitrogen and oxygen atoms in total. The average molecular weight is 332 g/mol. The standard InChI is InChI=1S/C16H17N5O.ClH/c1-11-8-9-13(20-19-11)14-18-15(22-21-14)16(2,17)10-12-6-4-3-5-7-12;/h3-9H,10,17H2,1-2H3;1H. The Labute approximate surface area is 140 Å². The Kier molecular flexibility index (Phi) is 5.08. The van der Waals surface area contributed by atoms with Crippen molar-refractivity contribution in [2.75, 3.05) is 0 Å². The molecule has 0 aliphatic heterocycles. The molecule has 1 aromatic carbocycles. The second-order valence-corrected chi connectivity index (χ2v) is 5.56. The number of hydrogen-bond donors (Lipinski definition) is 1. The van der Waals surface area contributed by atoms with Gasteiger partial charge in [-0.15, -0.1) is 17.5 Å². The molecule has 2 heterocycles. The van der Waals surface area contributed by atoms with Gasteiger partial charge >= 0.3 is 0 Å². The summed E-state index contributed by atoms with van der Waals surface area (Å²) in [5, 5.41) is 12.0. The third kappa shape index (κ3) is 3.91. The van der Waals surface area contributed by atoms with Crippen molar-refractivity contribution in [3.05, 3.63) is 59.6 Å². The lowest BCUT2D eigenvalue weighted by molar-refractivity contribution is 0.296. The maximum Gasteiger partial charge on any atom is 0.247 e. The predicted octanol–water partition coefficient (Wildman–Crippen LogP) is 2.67. The van der Waals surface area contributed by atoms with Crippen LogP contribution in [0.1, 0.15) is 24.1 Å². The van der Waals surface area contributed by atoms with Crippen molar-refractivity contribution >= 4 is 12.4 Å². The molecule has 3 rings (SSSR count). The van der Waals surface area contributed by atoms with Crippen LogP contribution in [-0.2, 0) is 12.0 Å². The van der Waals surface area contributed by atoms with Gasteiger partial charge in [0.1, 0.15) is 5.69 Å². The molecule has 0 fully saturated rings. The van der Waals surface area contributed by atoms with Crippen molar-refractivity contribution in [3.8, 4) is 11.5 Å². The van der Waals surface area contributed by atoms with Crippen LogP contribution in [0.2, 0.25) is 0 Å². The predicted molar refractivity (Wildman–Crippen MR) is 89.0 cm³/mol. The van der Waals surface area contributed by atoms with Gasteiger partial charge in [-0.1, -0.05) is 35.5 Å². The van der Waals surface area contributed by atoms with Crippen LogP contribution in [0.15, 0.2) is 47.0 Å². The quantitative estimate of drug-likeness (QED) is 0.790. The number of aromatic nitrogens is 4. The van der Waals surface area contributed by atoms with Crippen LogP contribution in [0.3, 0.4) is 0 Å². The molecule has 0 saturated heterocycles. The Hall–Kier alpha value is -2.31. The second-order valence-electron chi connectivity index (χ2n) is 5.56. The summed E-state index contributed by atoms with van der Waals surface area (Å²) in [7, 11) is 0. The highest BCUT2D eigenvalue weighted by Gasteiger charge is 2.29. The van der Waals surface area contributed by atoms with E-state index in [4.69, 9.17) is 10.3 Å².